The van der Waals surface area contributed by atoms with Crippen molar-refractivity contribution in [1.82, 2.24) is 4.98 Å². The van der Waals surface area contributed by atoms with Crippen LogP contribution in [0.25, 0.3) is 11.1 Å². The molecule has 2 nitrogen and oxygen atoms in total. The molecule has 1 atom stereocenters. The van der Waals surface area contributed by atoms with E-state index in [1.165, 1.54) is 6.20 Å². The Labute approximate surface area is 125 Å². The number of rotatable bonds is 2. The molecule has 0 unspecified atom stereocenters. The Morgan fingerprint density at radius 1 is 1.10 bits per heavy atom. The average molecular weight is 287 g/mol. The minimum absolute atomic E-state index is 0.318. The SMILES string of the molecule is Cc1ccc(-c2cc(C)ncc2F)c([C@H](O)C(C)(C)C)c1. The predicted molar refractivity (Wildman–Crippen MR) is 83.5 cm³/mol. The Morgan fingerprint density at radius 2 is 1.76 bits per heavy atom. The summed E-state index contributed by atoms with van der Waals surface area (Å²) in [6.45, 7) is 9.71. The number of hydrogen-bond acceptors (Lipinski definition) is 2. The molecule has 1 aromatic heterocycles. The Bertz CT molecular complexity index is 659. The van der Waals surface area contributed by atoms with Crippen molar-refractivity contribution in [2.45, 2.75) is 40.7 Å². The molecular formula is C18H22FNO. The van der Waals surface area contributed by atoms with E-state index in [0.29, 0.717) is 5.56 Å². The van der Waals surface area contributed by atoms with Gasteiger partial charge in [-0.1, -0.05) is 44.5 Å². The quantitative estimate of drug-likeness (QED) is 0.876. The summed E-state index contributed by atoms with van der Waals surface area (Å²) in [6, 6.07) is 7.46. The van der Waals surface area contributed by atoms with Gasteiger partial charge in [0.2, 0.25) is 0 Å². The molecule has 21 heavy (non-hydrogen) atoms. The molecule has 0 aliphatic heterocycles. The number of halogens is 1. The third-order valence-electron chi connectivity index (χ3n) is 3.60. The molecule has 112 valence electrons. The zero-order valence-electron chi connectivity index (χ0n) is 13.2. The fraction of sp³-hybridized carbons (Fsp3) is 0.389. The second-order valence-corrected chi connectivity index (χ2v) is 6.66. The summed E-state index contributed by atoms with van der Waals surface area (Å²) < 4.78 is 14.2. The summed E-state index contributed by atoms with van der Waals surface area (Å²) in [6.07, 6.45) is 0.567. The van der Waals surface area contributed by atoms with Crippen molar-refractivity contribution in [3.8, 4) is 11.1 Å². The first-order valence-corrected chi connectivity index (χ1v) is 7.11. The van der Waals surface area contributed by atoms with Crippen LogP contribution in [0, 0.1) is 25.1 Å². The number of benzene rings is 1. The Kier molecular flexibility index (Phi) is 4.15. The number of aromatic nitrogens is 1. The highest BCUT2D eigenvalue weighted by atomic mass is 19.1. The molecule has 0 amide bonds. The smallest absolute Gasteiger partial charge is 0.149 e. The molecule has 0 aliphatic carbocycles. The van der Waals surface area contributed by atoms with Crippen LogP contribution in [0.1, 0.15) is 43.7 Å². The zero-order valence-corrected chi connectivity index (χ0v) is 13.2. The lowest BCUT2D eigenvalue weighted by Crippen LogP contribution is -2.18. The molecule has 0 aliphatic rings. The third-order valence-corrected chi connectivity index (χ3v) is 3.60. The number of aliphatic hydroxyl groups excluding tert-OH is 1. The van der Waals surface area contributed by atoms with Gasteiger partial charge in [0.1, 0.15) is 5.82 Å². The first kappa shape index (κ1) is 15.6. The maximum Gasteiger partial charge on any atom is 0.149 e. The van der Waals surface area contributed by atoms with Gasteiger partial charge in [0.15, 0.2) is 0 Å². The maximum absolute atomic E-state index is 14.2. The van der Waals surface area contributed by atoms with Crippen LogP contribution in [0.4, 0.5) is 4.39 Å². The first-order valence-electron chi connectivity index (χ1n) is 7.11. The highest BCUT2D eigenvalue weighted by Gasteiger charge is 2.27. The van der Waals surface area contributed by atoms with Gasteiger partial charge in [0.05, 0.1) is 12.3 Å². The van der Waals surface area contributed by atoms with Gasteiger partial charge in [-0.25, -0.2) is 4.39 Å². The Morgan fingerprint density at radius 3 is 2.38 bits per heavy atom. The summed E-state index contributed by atoms with van der Waals surface area (Å²) in [5, 5.41) is 10.6. The van der Waals surface area contributed by atoms with Crippen molar-refractivity contribution in [2.75, 3.05) is 0 Å². The van der Waals surface area contributed by atoms with Crippen LogP contribution in [0.5, 0.6) is 0 Å². The average Bonchev–Trinajstić information content (AvgIpc) is 2.40. The summed E-state index contributed by atoms with van der Waals surface area (Å²) in [5.74, 6) is -0.369. The molecule has 0 saturated heterocycles. The van der Waals surface area contributed by atoms with Gasteiger partial charge in [0.25, 0.3) is 0 Å². The fourth-order valence-corrected chi connectivity index (χ4v) is 2.37. The van der Waals surface area contributed by atoms with E-state index in [0.717, 1.165) is 22.4 Å². The summed E-state index contributed by atoms with van der Waals surface area (Å²) in [5.41, 5.74) is 3.45. The minimum atomic E-state index is -0.666. The molecule has 2 rings (SSSR count). The third kappa shape index (κ3) is 3.30. The molecule has 1 heterocycles. The molecule has 1 aromatic carbocycles. The molecular weight excluding hydrogens is 265 g/mol. The molecule has 0 fully saturated rings. The van der Waals surface area contributed by atoms with Crippen LogP contribution in [0.2, 0.25) is 0 Å². The lowest BCUT2D eigenvalue weighted by atomic mass is 9.81. The van der Waals surface area contributed by atoms with Crippen LogP contribution in [0.15, 0.2) is 30.5 Å². The molecule has 2 aromatic rings. The van der Waals surface area contributed by atoms with Crippen LogP contribution in [0.3, 0.4) is 0 Å². The largest absolute Gasteiger partial charge is 0.388 e. The van der Waals surface area contributed by atoms with E-state index in [-0.39, 0.29) is 11.2 Å². The number of nitrogens with zero attached hydrogens (tertiary/aromatic N) is 1. The topological polar surface area (TPSA) is 33.1 Å². The van der Waals surface area contributed by atoms with Crippen molar-refractivity contribution >= 4 is 0 Å². The van der Waals surface area contributed by atoms with Crippen LogP contribution >= 0.6 is 0 Å². The summed E-state index contributed by atoms with van der Waals surface area (Å²) >= 11 is 0. The molecule has 0 saturated carbocycles. The van der Waals surface area contributed by atoms with Gasteiger partial charge < -0.3 is 5.11 Å². The van der Waals surface area contributed by atoms with E-state index in [9.17, 15) is 9.50 Å². The normalized spacial score (nSPS) is 13.3. The van der Waals surface area contributed by atoms with Crippen LogP contribution < -0.4 is 0 Å². The van der Waals surface area contributed by atoms with Crippen molar-refractivity contribution in [3.63, 3.8) is 0 Å². The maximum atomic E-state index is 14.2. The number of pyridine rings is 1. The van der Waals surface area contributed by atoms with E-state index in [2.05, 4.69) is 4.98 Å². The van der Waals surface area contributed by atoms with Crippen molar-refractivity contribution < 1.29 is 9.50 Å². The first-order chi connectivity index (χ1) is 9.70. The van der Waals surface area contributed by atoms with E-state index in [4.69, 9.17) is 0 Å². The standard InChI is InChI=1S/C18H22FNO/c1-11-6-7-13(14-9-12(2)20-10-16(14)19)15(8-11)17(21)18(3,4)5/h6-10,17,21H,1-5H3/t17-/m0/s1. The second kappa shape index (κ2) is 5.57. The van der Waals surface area contributed by atoms with Gasteiger partial charge in [-0.05, 0) is 36.5 Å². The number of aliphatic hydroxyl groups is 1. The number of aryl methyl sites for hydroxylation is 2. The molecule has 0 bridgehead atoms. The van der Waals surface area contributed by atoms with Crippen LogP contribution in [-0.4, -0.2) is 10.1 Å². The predicted octanol–water partition coefficient (Wildman–Crippen LogP) is 4.58. The van der Waals surface area contributed by atoms with Crippen molar-refractivity contribution in [1.29, 1.82) is 0 Å². The molecule has 3 heteroatoms. The highest BCUT2D eigenvalue weighted by Crippen LogP contribution is 2.39. The number of hydrogen-bond donors (Lipinski definition) is 1. The lowest BCUT2D eigenvalue weighted by Gasteiger charge is -2.28. The van der Waals surface area contributed by atoms with Gasteiger partial charge in [-0.15, -0.1) is 0 Å². The van der Waals surface area contributed by atoms with Crippen molar-refractivity contribution in [3.05, 3.63) is 53.1 Å². The van der Waals surface area contributed by atoms with E-state index < -0.39 is 6.10 Å². The van der Waals surface area contributed by atoms with Crippen molar-refractivity contribution in [2.24, 2.45) is 5.41 Å². The van der Waals surface area contributed by atoms with Crippen LogP contribution in [-0.2, 0) is 0 Å². The Hall–Kier alpha value is -1.74. The highest BCUT2D eigenvalue weighted by molar-refractivity contribution is 5.69. The van der Waals surface area contributed by atoms with E-state index in [1.807, 2.05) is 52.8 Å². The molecule has 0 spiro atoms. The van der Waals surface area contributed by atoms with Gasteiger partial charge in [0, 0.05) is 11.3 Å². The van der Waals surface area contributed by atoms with Gasteiger partial charge >= 0.3 is 0 Å². The van der Waals surface area contributed by atoms with E-state index >= 15 is 0 Å². The monoisotopic (exact) mass is 287 g/mol. The Balaban J connectivity index is 2.67. The lowest BCUT2D eigenvalue weighted by molar-refractivity contribution is 0.0631. The fourth-order valence-electron chi connectivity index (χ4n) is 2.37. The minimum Gasteiger partial charge on any atom is -0.388 e. The summed E-state index contributed by atoms with van der Waals surface area (Å²) in [7, 11) is 0. The van der Waals surface area contributed by atoms with E-state index in [1.54, 1.807) is 6.07 Å². The zero-order chi connectivity index (χ0) is 15.8. The van der Waals surface area contributed by atoms with Gasteiger partial charge in [-0.3, -0.25) is 4.98 Å². The summed E-state index contributed by atoms with van der Waals surface area (Å²) in [4.78, 5) is 3.97. The molecule has 0 radical (unpaired) electrons. The van der Waals surface area contributed by atoms with Gasteiger partial charge in [-0.2, -0.15) is 0 Å². The molecule has 1 N–H and O–H groups in total. The second-order valence-electron chi connectivity index (χ2n) is 6.66.